The van der Waals surface area contributed by atoms with Gasteiger partial charge in [0.25, 0.3) is 0 Å². The number of nitrogens with zero attached hydrogens (tertiary/aromatic N) is 1. The fourth-order valence-corrected chi connectivity index (χ4v) is 2.44. The van der Waals surface area contributed by atoms with Crippen molar-refractivity contribution in [3.8, 4) is 10.8 Å². The van der Waals surface area contributed by atoms with Crippen LogP contribution in [0.1, 0.15) is 16.2 Å². The SMILES string of the molecule is COCc1nc(-c2sccc2Cl)oc1C(=O)OC. The summed E-state index contributed by atoms with van der Waals surface area (Å²) in [5, 5.41) is 2.34. The third-order valence-corrected chi connectivity index (χ3v) is 3.49. The van der Waals surface area contributed by atoms with E-state index in [1.165, 1.54) is 25.6 Å². The zero-order chi connectivity index (χ0) is 13.1. The number of hydrogen-bond donors (Lipinski definition) is 0. The van der Waals surface area contributed by atoms with Gasteiger partial charge < -0.3 is 13.9 Å². The molecule has 0 N–H and O–H groups in total. The van der Waals surface area contributed by atoms with Crippen LogP contribution in [-0.2, 0) is 16.1 Å². The fourth-order valence-electron chi connectivity index (χ4n) is 1.38. The molecule has 0 aromatic carbocycles. The molecular weight excluding hydrogens is 278 g/mol. The third kappa shape index (κ3) is 2.40. The van der Waals surface area contributed by atoms with Crippen molar-refractivity contribution in [1.29, 1.82) is 0 Å². The van der Waals surface area contributed by atoms with E-state index in [0.717, 1.165) is 0 Å². The van der Waals surface area contributed by atoms with Crippen LogP contribution in [0, 0.1) is 0 Å². The summed E-state index contributed by atoms with van der Waals surface area (Å²) in [4.78, 5) is 16.4. The van der Waals surface area contributed by atoms with E-state index in [0.29, 0.717) is 21.5 Å². The standard InChI is InChI=1S/C11H10ClNO4S/c1-15-5-7-8(11(14)16-2)17-10(13-7)9-6(12)3-4-18-9/h3-4H,5H2,1-2H3. The number of hydrogen-bond acceptors (Lipinski definition) is 6. The molecule has 0 atom stereocenters. The first-order chi connectivity index (χ1) is 8.67. The van der Waals surface area contributed by atoms with Crippen LogP contribution in [0.5, 0.6) is 0 Å². The van der Waals surface area contributed by atoms with Gasteiger partial charge in [0, 0.05) is 7.11 Å². The summed E-state index contributed by atoms with van der Waals surface area (Å²) in [6.45, 7) is 0.164. The Hall–Kier alpha value is -1.37. The van der Waals surface area contributed by atoms with Gasteiger partial charge in [0.1, 0.15) is 10.6 Å². The molecule has 0 unspecified atom stereocenters. The van der Waals surface area contributed by atoms with Gasteiger partial charge in [0.15, 0.2) is 0 Å². The lowest BCUT2D eigenvalue weighted by Crippen LogP contribution is -2.04. The number of ether oxygens (including phenoxy) is 2. The number of carbonyl (C=O) groups is 1. The maximum atomic E-state index is 11.5. The highest BCUT2D eigenvalue weighted by Gasteiger charge is 2.23. The van der Waals surface area contributed by atoms with E-state index < -0.39 is 5.97 Å². The van der Waals surface area contributed by atoms with E-state index in [4.69, 9.17) is 20.8 Å². The second-order valence-electron chi connectivity index (χ2n) is 3.32. The van der Waals surface area contributed by atoms with E-state index in [9.17, 15) is 4.79 Å². The molecule has 2 aromatic rings. The second-order valence-corrected chi connectivity index (χ2v) is 4.64. The topological polar surface area (TPSA) is 61.6 Å². The second kappa shape index (κ2) is 5.51. The van der Waals surface area contributed by atoms with Crippen molar-refractivity contribution >= 4 is 28.9 Å². The Balaban J connectivity index is 2.45. The Morgan fingerprint density at radius 1 is 1.56 bits per heavy atom. The smallest absolute Gasteiger partial charge is 0.376 e. The number of rotatable bonds is 4. The first kappa shape index (κ1) is 13.1. The van der Waals surface area contributed by atoms with Crippen LogP contribution in [-0.4, -0.2) is 25.2 Å². The highest BCUT2D eigenvalue weighted by molar-refractivity contribution is 7.14. The summed E-state index contributed by atoms with van der Waals surface area (Å²) < 4.78 is 15.0. The van der Waals surface area contributed by atoms with Crippen molar-refractivity contribution in [3.05, 3.63) is 27.9 Å². The molecule has 0 aliphatic heterocycles. The van der Waals surface area contributed by atoms with E-state index in [1.807, 2.05) is 5.38 Å². The van der Waals surface area contributed by atoms with Gasteiger partial charge in [0.05, 0.1) is 18.7 Å². The van der Waals surface area contributed by atoms with Crippen molar-refractivity contribution < 1.29 is 18.7 Å². The normalized spacial score (nSPS) is 10.6. The van der Waals surface area contributed by atoms with Crippen molar-refractivity contribution in [2.45, 2.75) is 6.61 Å². The lowest BCUT2D eigenvalue weighted by molar-refractivity contribution is 0.0559. The summed E-state index contributed by atoms with van der Waals surface area (Å²) in [6.07, 6.45) is 0. The molecule has 5 nitrogen and oxygen atoms in total. The van der Waals surface area contributed by atoms with Gasteiger partial charge in [-0.15, -0.1) is 11.3 Å². The average molecular weight is 288 g/mol. The van der Waals surface area contributed by atoms with Crippen LogP contribution >= 0.6 is 22.9 Å². The van der Waals surface area contributed by atoms with Crippen molar-refractivity contribution in [2.75, 3.05) is 14.2 Å². The molecule has 0 fully saturated rings. The van der Waals surface area contributed by atoms with Crippen molar-refractivity contribution in [3.63, 3.8) is 0 Å². The molecule has 0 amide bonds. The van der Waals surface area contributed by atoms with E-state index in [-0.39, 0.29) is 12.4 Å². The minimum Gasteiger partial charge on any atom is -0.463 e. The van der Waals surface area contributed by atoms with Gasteiger partial charge in [-0.2, -0.15) is 0 Å². The van der Waals surface area contributed by atoms with Crippen LogP contribution < -0.4 is 0 Å². The number of oxazole rings is 1. The summed E-state index contributed by atoms with van der Waals surface area (Å²) in [6, 6.07) is 1.74. The van der Waals surface area contributed by atoms with Crippen molar-refractivity contribution in [1.82, 2.24) is 4.98 Å². The number of esters is 1. The molecule has 0 aliphatic carbocycles. The quantitative estimate of drug-likeness (QED) is 0.809. The van der Waals surface area contributed by atoms with Gasteiger partial charge in [-0.3, -0.25) is 0 Å². The molecule has 96 valence electrons. The maximum absolute atomic E-state index is 11.5. The van der Waals surface area contributed by atoms with E-state index in [1.54, 1.807) is 6.07 Å². The van der Waals surface area contributed by atoms with E-state index >= 15 is 0 Å². The lowest BCUT2D eigenvalue weighted by atomic mass is 10.3. The van der Waals surface area contributed by atoms with Crippen LogP contribution in [0.4, 0.5) is 0 Å². The van der Waals surface area contributed by atoms with Crippen molar-refractivity contribution in [2.24, 2.45) is 0 Å². The summed E-state index contributed by atoms with van der Waals surface area (Å²) in [7, 11) is 2.78. The van der Waals surface area contributed by atoms with Crippen LogP contribution in [0.15, 0.2) is 15.9 Å². The molecule has 7 heteroatoms. The predicted molar refractivity (Wildman–Crippen MR) is 66.9 cm³/mol. The Morgan fingerprint density at radius 3 is 2.89 bits per heavy atom. The molecule has 0 saturated heterocycles. The molecule has 0 spiro atoms. The molecule has 0 aliphatic rings. The molecule has 2 rings (SSSR count). The first-order valence-electron chi connectivity index (χ1n) is 4.97. The molecular formula is C11H10ClNO4S. The largest absolute Gasteiger partial charge is 0.463 e. The highest BCUT2D eigenvalue weighted by Crippen LogP contribution is 2.33. The minimum atomic E-state index is -0.589. The van der Waals surface area contributed by atoms with E-state index in [2.05, 4.69) is 9.72 Å². The van der Waals surface area contributed by atoms with Crippen LogP contribution in [0.25, 0.3) is 10.8 Å². The minimum absolute atomic E-state index is 0.0406. The zero-order valence-corrected chi connectivity index (χ0v) is 11.3. The molecule has 0 saturated carbocycles. The van der Waals surface area contributed by atoms with Crippen LogP contribution in [0.3, 0.4) is 0 Å². The highest BCUT2D eigenvalue weighted by atomic mass is 35.5. The number of aromatic nitrogens is 1. The first-order valence-corrected chi connectivity index (χ1v) is 6.23. The Bertz CT molecular complexity index is 563. The number of methoxy groups -OCH3 is 2. The predicted octanol–water partition coefficient (Wildman–Crippen LogP) is 2.99. The molecule has 18 heavy (non-hydrogen) atoms. The molecule has 2 aromatic heterocycles. The number of carbonyl (C=O) groups excluding carboxylic acids is 1. The van der Waals surface area contributed by atoms with Gasteiger partial charge in [-0.25, -0.2) is 9.78 Å². The zero-order valence-electron chi connectivity index (χ0n) is 9.73. The molecule has 0 bridgehead atoms. The summed E-state index contributed by atoms with van der Waals surface area (Å²) >= 11 is 7.37. The molecule has 0 radical (unpaired) electrons. The van der Waals surface area contributed by atoms with Crippen LogP contribution in [0.2, 0.25) is 5.02 Å². The average Bonchev–Trinajstić information content (AvgIpc) is 2.95. The fraction of sp³-hybridized carbons (Fsp3) is 0.273. The Kier molecular flexibility index (Phi) is 4.00. The van der Waals surface area contributed by atoms with Gasteiger partial charge in [0.2, 0.25) is 11.7 Å². The summed E-state index contributed by atoms with van der Waals surface area (Å²) in [5.74, 6) is -0.255. The summed E-state index contributed by atoms with van der Waals surface area (Å²) in [5.41, 5.74) is 0.392. The van der Waals surface area contributed by atoms with Gasteiger partial charge in [-0.05, 0) is 11.4 Å². The Morgan fingerprint density at radius 2 is 2.33 bits per heavy atom. The molecule has 2 heterocycles. The Labute approximate surface area is 112 Å². The van der Waals surface area contributed by atoms with Gasteiger partial charge in [-0.1, -0.05) is 11.6 Å². The maximum Gasteiger partial charge on any atom is 0.376 e. The number of thiophene rings is 1. The van der Waals surface area contributed by atoms with Gasteiger partial charge >= 0.3 is 5.97 Å². The monoisotopic (exact) mass is 287 g/mol. The third-order valence-electron chi connectivity index (χ3n) is 2.16. The lowest BCUT2D eigenvalue weighted by Gasteiger charge is -1.96. The number of halogens is 1.